The highest BCUT2D eigenvalue weighted by molar-refractivity contribution is 5.98. The van der Waals surface area contributed by atoms with E-state index in [0.29, 0.717) is 17.1 Å². The van der Waals surface area contributed by atoms with E-state index < -0.39 is 17.9 Å². The van der Waals surface area contributed by atoms with Crippen molar-refractivity contribution >= 4 is 29.2 Å². The third kappa shape index (κ3) is 3.93. The van der Waals surface area contributed by atoms with Crippen LogP contribution in [0, 0.1) is 0 Å². The molecule has 21 heavy (non-hydrogen) atoms. The van der Waals surface area contributed by atoms with E-state index in [2.05, 4.69) is 10.6 Å². The summed E-state index contributed by atoms with van der Waals surface area (Å²) in [5, 5.41) is 13.7. The topological polar surface area (TPSA) is 131 Å². The molecule has 0 aromatic heterocycles. The van der Waals surface area contributed by atoms with Gasteiger partial charge in [0, 0.05) is 12.1 Å². The first-order valence-electron chi connectivity index (χ1n) is 6.30. The van der Waals surface area contributed by atoms with Crippen molar-refractivity contribution in [1.29, 1.82) is 0 Å². The summed E-state index contributed by atoms with van der Waals surface area (Å²) in [5.74, 6) is -1.25. The maximum Gasteiger partial charge on any atom is 0.303 e. The first-order chi connectivity index (χ1) is 9.95. The van der Waals surface area contributed by atoms with Gasteiger partial charge in [-0.1, -0.05) is 0 Å². The van der Waals surface area contributed by atoms with Crippen molar-refractivity contribution in [3.05, 3.63) is 18.2 Å². The summed E-state index contributed by atoms with van der Waals surface area (Å²) in [7, 11) is 0. The highest BCUT2D eigenvalue weighted by Crippen LogP contribution is 2.30. The molecule has 1 atom stereocenters. The number of fused-ring (bicyclic) bond motifs is 1. The van der Waals surface area contributed by atoms with E-state index in [0.717, 1.165) is 0 Å². The van der Waals surface area contributed by atoms with Crippen LogP contribution >= 0.6 is 0 Å². The van der Waals surface area contributed by atoms with Gasteiger partial charge in [-0.05, 0) is 24.6 Å². The smallest absolute Gasteiger partial charge is 0.303 e. The van der Waals surface area contributed by atoms with E-state index in [-0.39, 0.29) is 25.4 Å². The molecule has 8 nitrogen and oxygen atoms in total. The van der Waals surface area contributed by atoms with E-state index >= 15 is 0 Å². The highest BCUT2D eigenvalue weighted by atomic mass is 16.5. The lowest BCUT2D eigenvalue weighted by Crippen LogP contribution is -2.36. The molecule has 1 heterocycles. The molecule has 1 aliphatic rings. The second-order valence-corrected chi connectivity index (χ2v) is 4.58. The molecule has 1 aromatic rings. The summed E-state index contributed by atoms with van der Waals surface area (Å²) < 4.78 is 5.19. The molecule has 1 aromatic carbocycles. The molecule has 0 saturated heterocycles. The average molecular weight is 293 g/mol. The zero-order valence-corrected chi connectivity index (χ0v) is 11.1. The quantitative estimate of drug-likeness (QED) is 0.611. The fourth-order valence-electron chi connectivity index (χ4n) is 1.81. The first kappa shape index (κ1) is 14.8. The summed E-state index contributed by atoms with van der Waals surface area (Å²) in [6, 6.07) is 3.86. The molecule has 0 radical (unpaired) electrons. The highest BCUT2D eigenvalue weighted by Gasteiger charge is 2.18. The number of carbonyl (C=O) groups is 3. The van der Waals surface area contributed by atoms with Gasteiger partial charge in [-0.3, -0.25) is 14.4 Å². The Labute approximate surface area is 120 Å². The van der Waals surface area contributed by atoms with Gasteiger partial charge >= 0.3 is 5.97 Å². The Morgan fingerprint density at radius 2 is 2.24 bits per heavy atom. The number of hydrogen-bond acceptors (Lipinski definition) is 5. The van der Waals surface area contributed by atoms with Crippen molar-refractivity contribution in [3.8, 4) is 5.75 Å². The minimum atomic E-state index is -1.01. The number of carboxylic acids is 1. The van der Waals surface area contributed by atoms with E-state index in [1.165, 1.54) is 0 Å². The summed E-state index contributed by atoms with van der Waals surface area (Å²) in [6.07, 6.45) is -0.130. The number of rotatable bonds is 5. The molecule has 0 fully saturated rings. The molecule has 1 aliphatic heterocycles. The predicted octanol–water partition coefficient (Wildman–Crippen LogP) is 0.148. The molecular formula is C13H15N3O5. The summed E-state index contributed by atoms with van der Waals surface area (Å²) in [4.78, 5) is 33.5. The van der Waals surface area contributed by atoms with Crippen LogP contribution in [0.4, 0.5) is 11.4 Å². The van der Waals surface area contributed by atoms with Crippen LogP contribution in [0.2, 0.25) is 0 Å². The standard InChI is InChI=1S/C13H15N3O5/c14-8(2-4-12(18)19)13(20)15-7-1-3-10-9(5-7)16-11(17)6-21-10/h1,3,5,8H,2,4,6,14H2,(H,15,20)(H,16,17)(H,18,19). The molecule has 0 bridgehead atoms. The Bertz CT molecular complexity index is 587. The third-order valence-electron chi connectivity index (χ3n) is 2.89. The molecule has 0 aliphatic carbocycles. The van der Waals surface area contributed by atoms with Crippen LogP contribution in [-0.4, -0.2) is 35.5 Å². The maximum absolute atomic E-state index is 11.8. The fraction of sp³-hybridized carbons (Fsp3) is 0.308. The number of hydrogen-bond donors (Lipinski definition) is 4. The summed E-state index contributed by atoms with van der Waals surface area (Å²) >= 11 is 0. The normalized spacial score (nSPS) is 14.4. The van der Waals surface area contributed by atoms with Crippen molar-refractivity contribution in [2.45, 2.75) is 18.9 Å². The predicted molar refractivity (Wildman–Crippen MR) is 74.0 cm³/mol. The molecule has 0 saturated carbocycles. The van der Waals surface area contributed by atoms with Crippen LogP contribution in [-0.2, 0) is 14.4 Å². The monoisotopic (exact) mass is 293 g/mol. The SMILES string of the molecule is NC(CCC(=O)O)C(=O)Nc1ccc2c(c1)NC(=O)CO2. The summed E-state index contributed by atoms with van der Waals surface area (Å²) in [6.45, 7) is -0.0429. The van der Waals surface area contributed by atoms with Crippen molar-refractivity contribution < 1.29 is 24.2 Å². The van der Waals surface area contributed by atoms with Crippen molar-refractivity contribution in [1.82, 2.24) is 0 Å². The van der Waals surface area contributed by atoms with Gasteiger partial charge in [0.2, 0.25) is 5.91 Å². The zero-order valence-electron chi connectivity index (χ0n) is 11.1. The summed E-state index contributed by atoms with van der Waals surface area (Å²) in [5.41, 5.74) is 6.50. The van der Waals surface area contributed by atoms with Gasteiger partial charge in [0.1, 0.15) is 5.75 Å². The minimum Gasteiger partial charge on any atom is -0.482 e. The second-order valence-electron chi connectivity index (χ2n) is 4.58. The average Bonchev–Trinajstić information content (AvgIpc) is 2.44. The van der Waals surface area contributed by atoms with Crippen LogP contribution in [0.5, 0.6) is 5.75 Å². The second kappa shape index (κ2) is 6.23. The van der Waals surface area contributed by atoms with E-state index in [4.69, 9.17) is 15.6 Å². The molecule has 8 heteroatoms. The Morgan fingerprint density at radius 3 is 2.95 bits per heavy atom. The number of anilines is 2. The molecule has 112 valence electrons. The van der Waals surface area contributed by atoms with Gasteiger partial charge in [0.05, 0.1) is 11.7 Å². The largest absolute Gasteiger partial charge is 0.482 e. The Balaban J connectivity index is 1.99. The van der Waals surface area contributed by atoms with Crippen LogP contribution < -0.4 is 21.1 Å². The van der Waals surface area contributed by atoms with Crippen LogP contribution in [0.3, 0.4) is 0 Å². The molecule has 2 rings (SSSR count). The lowest BCUT2D eigenvalue weighted by atomic mass is 10.1. The Hall–Kier alpha value is -2.61. The number of ether oxygens (including phenoxy) is 1. The Kier molecular flexibility index (Phi) is 4.39. The number of nitrogens with one attached hydrogen (secondary N) is 2. The van der Waals surface area contributed by atoms with Crippen LogP contribution in [0.1, 0.15) is 12.8 Å². The lowest BCUT2D eigenvalue weighted by Gasteiger charge is -2.19. The zero-order chi connectivity index (χ0) is 15.4. The van der Waals surface area contributed by atoms with Gasteiger partial charge in [-0.25, -0.2) is 0 Å². The van der Waals surface area contributed by atoms with Gasteiger partial charge in [0.15, 0.2) is 6.61 Å². The van der Waals surface area contributed by atoms with Gasteiger partial charge < -0.3 is 26.2 Å². The number of aliphatic carboxylic acids is 1. The van der Waals surface area contributed by atoms with E-state index in [9.17, 15) is 14.4 Å². The number of carboxylic acid groups (broad SMARTS) is 1. The van der Waals surface area contributed by atoms with E-state index in [1.807, 2.05) is 0 Å². The first-order valence-corrected chi connectivity index (χ1v) is 6.30. The minimum absolute atomic E-state index is 0.0429. The lowest BCUT2D eigenvalue weighted by molar-refractivity contribution is -0.137. The fourth-order valence-corrected chi connectivity index (χ4v) is 1.81. The van der Waals surface area contributed by atoms with Crippen molar-refractivity contribution in [3.63, 3.8) is 0 Å². The molecule has 0 spiro atoms. The Morgan fingerprint density at radius 1 is 1.48 bits per heavy atom. The van der Waals surface area contributed by atoms with Crippen molar-refractivity contribution in [2.24, 2.45) is 5.73 Å². The van der Waals surface area contributed by atoms with Crippen molar-refractivity contribution in [2.75, 3.05) is 17.2 Å². The number of carbonyl (C=O) groups excluding carboxylic acids is 2. The van der Waals surface area contributed by atoms with E-state index in [1.54, 1.807) is 18.2 Å². The number of nitrogens with two attached hydrogens (primary N) is 1. The molecule has 2 amide bonds. The van der Waals surface area contributed by atoms with Crippen LogP contribution in [0.15, 0.2) is 18.2 Å². The van der Waals surface area contributed by atoms with Gasteiger partial charge in [-0.2, -0.15) is 0 Å². The van der Waals surface area contributed by atoms with Gasteiger partial charge in [-0.15, -0.1) is 0 Å². The van der Waals surface area contributed by atoms with Crippen LogP contribution in [0.25, 0.3) is 0 Å². The molecular weight excluding hydrogens is 278 g/mol. The molecule has 5 N–H and O–H groups in total. The third-order valence-corrected chi connectivity index (χ3v) is 2.89. The molecule has 1 unspecified atom stereocenters. The maximum atomic E-state index is 11.8. The van der Waals surface area contributed by atoms with Gasteiger partial charge in [0.25, 0.3) is 5.91 Å². The number of amides is 2. The number of benzene rings is 1.